The summed E-state index contributed by atoms with van der Waals surface area (Å²) in [5.74, 6) is 5.52. The minimum atomic E-state index is -0.998. The van der Waals surface area contributed by atoms with Gasteiger partial charge in [-0.1, -0.05) is 75.1 Å². The summed E-state index contributed by atoms with van der Waals surface area (Å²) in [7, 11) is 1.39. The second-order valence-corrected chi connectivity index (χ2v) is 7.52. The Morgan fingerprint density at radius 3 is 2.03 bits per heavy atom. The Kier molecular flexibility index (Phi) is 7.62. The molecule has 0 aliphatic carbocycles. The lowest BCUT2D eigenvalue weighted by Crippen LogP contribution is -2.10. The number of methoxy groups -OCH3 is 1. The van der Waals surface area contributed by atoms with E-state index in [1.165, 1.54) is 23.4 Å². The highest BCUT2D eigenvalue weighted by atomic mass is 16.5. The van der Waals surface area contributed by atoms with E-state index in [0.29, 0.717) is 0 Å². The fraction of sp³-hybridized carbons (Fsp3) is 0.192. The molecule has 0 amide bonds. The third-order valence-corrected chi connectivity index (χ3v) is 4.20. The van der Waals surface area contributed by atoms with Gasteiger partial charge in [-0.05, 0) is 46.0 Å². The van der Waals surface area contributed by atoms with Gasteiger partial charge in [-0.25, -0.2) is 4.79 Å². The molecule has 0 aliphatic heterocycles. The maximum absolute atomic E-state index is 9.59. The van der Waals surface area contributed by atoms with Crippen LogP contribution in [0.4, 0.5) is 0 Å². The number of carboxylic acids is 1. The van der Waals surface area contributed by atoms with Crippen molar-refractivity contribution in [2.24, 2.45) is 0 Å². The van der Waals surface area contributed by atoms with Crippen molar-refractivity contribution >= 4 is 16.7 Å². The number of rotatable bonds is 2. The van der Waals surface area contributed by atoms with Crippen LogP contribution in [0.5, 0.6) is 0 Å². The molecule has 148 valence electrons. The van der Waals surface area contributed by atoms with Crippen molar-refractivity contribution in [3.8, 4) is 11.8 Å². The van der Waals surface area contributed by atoms with E-state index in [1.807, 2.05) is 0 Å². The van der Waals surface area contributed by atoms with Crippen molar-refractivity contribution in [3.63, 3.8) is 0 Å². The molecule has 0 spiro atoms. The standard InChI is InChI=1S/C22H20.C4H6O3/c1-22(2,3)21-14-11-17(12-15-21)8-9-18-10-13-19-6-4-5-7-20(19)16-18;1-7-3-2-4(5)6/h4-7,10-16H,1-3H3;2-3H,1H3,(H,5,6). The molecule has 0 aromatic heterocycles. The number of fused-ring (bicyclic) bond motifs is 1. The highest BCUT2D eigenvalue weighted by molar-refractivity contribution is 5.83. The summed E-state index contributed by atoms with van der Waals surface area (Å²) in [5, 5.41) is 10.4. The Hall–Kier alpha value is -3.51. The molecule has 29 heavy (non-hydrogen) atoms. The van der Waals surface area contributed by atoms with Crippen molar-refractivity contribution in [1.29, 1.82) is 0 Å². The number of aliphatic carboxylic acids is 1. The lowest BCUT2D eigenvalue weighted by atomic mass is 9.87. The van der Waals surface area contributed by atoms with Crippen LogP contribution in [0.25, 0.3) is 10.8 Å². The number of hydrogen-bond donors (Lipinski definition) is 1. The maximum Gasteiger partial charge on any atom is 0.331 e. The van der Waals surface area contributed by atoms with E-state index >= 15 is 0 Å². The largest absolute Gasteiger partial charge is 0.504 e. The van der Waals surface area contributed by atoms with Crippen molar-refractivity contribution in [2.45, 2.75) is 26.2 Å². The molecule has 0 saturated heterocycles. The SMILES string of the molecule is CC(C)(C)c1ccc(C#Cc2ccc3ccccc3c2)cc1.COC=CC(=O)O. The van der Waals surface area contributed by atoms with E-state index in [-0.39, 0.29) is 5.41 Å². The summed E-state index contributed by atoms with van der Waals surface area (Å²) in [6.45, 7) is 6.67. The highest BCUT2D eigenvalue weighted by Crippen LogP contribution is 2.22. The average Bonchev–Trinajstić information content (AvgIpc) is 2.70. The fourth-order valence-electron chi connectivity index (χ4n) is 2.59. The average molecular weight is 386 g/mol. The first-order valence-electron chi connectivity index (χ1n) is 9.33. The molecule has 0 bridgehead atoms. The van der Waals surface area contributed by atoms with Crippen LogP contribution in [0.15, 0.2) is 79.1 Å². The second kappa shape index (κ2) is 10.1. The van der Waals surface area contributed by atoms with E-state index in [4.69, 9.17) is 5.11 Å². The number of carbonyl (C=O) groups is 1. The van der Waals surface area contributed by atoms with Gasteiger partial charge in [0.2, 0.25) is 0 Å². The Labute approximate surface area is 172 Å². The van der Waals surface area contributed by atoms with Crippen LogP contribution in [0.2, 0.25) is 0 Å². The molecular formula is C26H26O3. The molecule has 0 atom stereocenters. The van der Waals surface area contributed by atoms with Gasteiger partial charge in [0, 0.05) is 11.1 Å². The zero-order valence-electron chi connectivity index (χ0n) is 17.3. The summed E-state index contributed by atoms with van der Waals surface area (Å²) in [4.78, 5) is 9.59. The van der Waals surface area contributed by atoms with Gasteiger partial charge in [-0.2, -0.15) is 0 Å². The fourth-order valence-corrected chi connectivity index (χ4v) is 2.59. The molecule has 0 saturated carbocycles. The molecule has 0 heterocycles. The molecule has 0 radical (unpaired) electrons. The Balaban J connectivity index is 0.000000370. The zero-order chi connectivity index (χ0) is 21.3. The highest BCUT2D eigenvalue weighted by Gasteiger charge is 2.12. The van der Waals surface area contributed by atoms with Gasteiger partial charge in [-0.15, -0.1) is 0 Å². The lowest BCUT2D eigenvalue weighted by molar-refractivity contribution is -0.131. The normalized spacial score (nSPS) is 10.6. The monoisotopic (exact) mass is 386 g/mol. The molecule has 3 heteroatoms. The van der Waals surface area contributed by atoms with Gasteiger partial charge in [0.1, 0.15) is 0 Å². The third kappa shape index (κ3) is 7.20. The summed E-state index contributed by atoms with van der Waals surface area (Å²) in [6.07, 6.45) is 2.02. The molecule has 1 N–H and O–H groups in total. The Morgan fingerprint density at radius 1 is 0.897 bits per heavy atom. The van der Waals surface area contributed by atoms with Gasteiger partial charge in [0.05, 0.1) is 19.4 Å². The molecule has 3 aromatic carbocycles. The smallest absolute Gasteiger partial charge is 0.331 e. The summed E-state index contributed by atoms with van der Waals surface area (Å²) >= 11 is 0. The molecule has 0 fully saturated rings. The van der Waals surface area contributed by atoms with Crippen LogP contribution < -0.4 is 0 Å². The van der Waals surface area contributed by atoms with Gasteiger partial charge in [0.15, 0.2) is 0 Å². The predicted molar refractivity (Wildman–Crippen MR) is 119 cm³/mol. The molecular weight excluding hydrogens is 360 g/mol. The van der Waals surface area contributed by atoms with Crippen LogP contribution in [0.3, 0.4) is 0 Å². The molecule has 3 nitrogen and oxygen atoms in total. The molecule has 3 rings (SSSR count). The summed E-state index contributed by atoms with van der Waals surface area (Å²) < 4.78 is 4.29. The van der Waals surface area contributed by atoms with E-state index < -0.39 is 5.97 Å². The second-order valence-electron chi connectivity index (χ2n) is 7.52. The zero-order valence-corrected chi connectivity index (χ0v) is 17.3. The maximum atomic E-state index is 9.59. The topological polar surface area (TPSA) is 46.5 Å². The van der Waals surface area contributed by atoms with Gasteiger partial charge < -0.3 is 9.84 Å². The van der Waals surface area contributed by atoms with Crippen LogP contribution in [0.1, 0.15) is 37.5 Å². The number of ether oxygens (including phenoxy) is 1. The Morgan fingerprint density at radius 2 is 1.48 bits per heavy atom. The number of hydrogen-bond acceptors (Lipinski definition) is 2. The van der Waals surface area contributed by atoms with Crippen LogP contribution in [-0.4, -0.2) is 18.2 Å². The minimum Gasteiger partial charge on any atom is -0.504 e. The van der Waals surface area contributed by atoms with Crippen molar-refractivity contribution in [1.82, 2.24) is 0 Å². The van der Waals surface area contributed by atoms with Gasteiger partial charge in [0.25, 0.3) is 0 Å². The van der Waals surface area contributed by atoms with E-state index in [0.717, 1.165) is 23.5 Å². The first kappa shape index (κ1) is 21.8. The van der Waals surface area contributed by atoms with Gasteiger partial charge in [-0.3, -0.25) is 0 Å². The van der Waals surface area contributed by atoms with Crippen LogP contribution in [0, 0.1) is 11.8 Å². The first-order valence-corrected chi connectivity index (χ1v) is 9.33. The van der Waals surface area contributed by atoms with Gasteiger partial charge >= 0.3 is 5.97 Å². The molecule has 0 unspecified atom stereocenters. The van der Waals surface area contributed by atoms with Crippen molar-refractivity contribution in [2.75, 3.05) is 7.11 Å². The number of benzene rings is 3. The summed E-state index contributed by atoms with van der Waals surface area (Å²) in [5.41, 5.74) is 3.63. The first-order chi connectivity index (χ1) is 13.8. The van der Waals surface area contributed by atoms with Crippen LogP contribution in [-0.2, 0) is 14.9 Å². The Bertz CT molecular complexity index is 1040. The lowest BCUT2D eigenvalue weighted by Gasteiger charge is -2.18. The van der Waals surface area contributed by atoms with E-state index in [9.17, 15) is 4.79 Å². The van der Waals surface area contributed by atoms with Crippen molar-refractivity contribution in [3.05, 3.63) is 95.8 Å². The number of carboxylic acid groups (broad SMARTS) is 1. The predicted octanol–water partition coefficient (Wildman–Crippen LogP) is 5.77. The third-order valence-electron chi connectivity index (χ3n) is 4.20. The van der Waals surface area contributed by atoms with E-state index in [2.05, 4.69) is 104 Å². The molecule has 3 aromatic rings. The van der Waals surface area contributed by atoms with Crippen LogP contribution >= 0.6 is 0 Å². The van der Waals surface area contributed by atoms with Crippen molar-refractivity contribution < 1.29 is 14.6 Å². The quantitative estimate of drug-likeness (QED) is 0.346. The molecule has 0 aliphatic rings. The van der Waals surface area contributed by atoms with E-state index in [1.54, 1.807) is 0 Å². The minimum absolute atomic E-state index is 0.185. The summed E-state index contributed by atoms with van der Waals surface area (Å²) in [6, 6.07) is 23.3.